The van der Waals surface area contributed by atoms with Crippen molar-refractivity contribution in [1.82, 2.24) is 0 Å². The second-order valence-corrected chi connectivity index (χ2v) is 22.1. The van der Waals surface area contributed by atoms with Gasteiger partial charge in [0.05, 0.1) is 35.5 Å². The topological polar surface area (TPSA) is 124 Å². The van der Waals surface area contributed by atoms with E-state index < -0.39 is 35.5 Å². The lowest BCUT2D eigenvalue weighted by atomic mass is 10.0. The highest BCUT2D eigenvalue weighted by atomic mass is 19.1. The van der Waals surface area contributed by atoms with Crippen molar-refractivity contribution in [2.75, 3.05) is 13.2 Å². The van der Waals surface area contributed by atoms with E-state index in [1.807, 2.05) is 0 Å². The van der Waals surface area contributed by atoms with Gasteiger partial charge in [-0.2, -0.15) is 0 Å². The highest BCUT2D eigenvalue weighted by Gasteiger charge is 2.19. The summed E-state index contributed by atoms with van der Waals surface area (Å²) in [5.41, 5.74) is 0.685. The molecule has 12 heteroatoms. The molecule has 5 aromatic carbocycles. The molecule has 0 fully saturated rings. The molecular formula is C71H94F2O10. The number of halogens is 2. The van der Waals surface area contributed by atoms with E-state index in [0.29, 0.717) is 18.8 Å². The number of unbranched alkanes of at least 4 members (excludes halogenated alkanes) is 30. The van der Waals surface area contributed by atoms with Crippen LogP contribution in [0.5, 0.6) is 34.5 Å². The fourth-order valence-corrected chi connectivity index (χ4v) is 9.94. The van der Waals surface area contributed by atoms with Gasteiger partial charge in [-0.1, -0.05) is 213 Å². The summed E-state index contributed by atoms with van der Waals surface area (Å²) in [7, 11) is 0. The molecule has 0 radical (unpaired) electrons. The van der Waals surface area contributed by atoms with Crippen LogP contribution in [0.4, 0.5) is 8.78 Å². The van der Waals surface area contributed by atoms with Gasteiger partial charge in [0.15, 0.2) is 23.1 Å². The molecule has 0 aliphatic rings. The lowest BCUT2D eigenvalue weighted by Crippen LogP contribution is -2.13. The van der Waals surface area contributed by atoms with Crippen molar-refractivity contribution in [3.63, 3.8) is 0 Å². The Labute approximate surface area is 494 Å². The monoisotopic (exact) mass is 1140 g/mol. The first-order chi connectivity index (χ1) is 40.6. The van der Waals surface area contributed by atoms with Crippen molar-refractivity contribution in [3.05, 3.63) is 143 Å². The number of carbonyl (C=O) groups excluding carboxylic acids is 4. The summed E-state index contributed by atoms with van der Waals surface area (Å²) in [5.74, 6) is -3.59. The summed E-state index contributed by atoms with van der Waals surface area (Å²) in [5, 5.41) is 0. The first kappa shape index (κ1) is 67.2. The number of rotatable bonds is 44. The van der Waals surface area contributed by atoms with E-state index in [2.05, 4.69) is 13.8 Å². The van der Waals surface area contributed by atoms with E-state index in [1.54, 1.807) is 25.1 Å². The first-order valence-corrected chi connectivity index (χ1v) is 31.6. The van der Waals surface area contributed by atoms with Crippen molar-refractivity contribution in [1.29, 1.82) is 0 Å². The van der Waals surface area contributed by atoms with Crippen molar-refractivity contribution >= 4 is 23.9 Å². The third kappa shape index (κ3) is 26.7. The van der Waals surface area contributed by atoms with Crippen LogP contribution in [0, 0.1) is 18.6 Å². The van der Waals surface area contributed by atoms with Crippen LogP contribution in [0.3, 0.4) is 0 Å². The van der Waals surface area contributed by atoms with Crippen molar-refractivity contribution in [2.45, 2.75) is 226 Å². The highest BCUT2D eigenvalue weighted by Crippen LogP contribution is 2.30. The predicted molar refractivity (Wildman–Crippen MR) is 327 cm³/mol. The molecule has 0 atom stereocenters. The minimum Gasteiger partial charge on any atom is -0.491 e. The van der Waals surface area contributed by atoms with Crippen LogP contribution in [0.15, 0.2) is 103 Å². The van der Waals surface area contributed by atoms with Crippen LogP contribution >= 0.6 is 0 Å². The average molecular weight is 1150 g/mol. The Morgan fingerprint density at radius 3 is 0.867 bits per heavy atom. The Balaban J connectivity index is 0.941. The fraction of sp³-hybridized carbons (Fsp3) is 0.521. The Kier molecular flexibility index (Phi) is 32.9. The Hall–Kier alpha value is -6.56. The quantitative estimate of drug-likeness (QED) is 0.0212. The van der Waals surface area contributed by atoms with E-state index >= 15 is 0 Å². The van der Waals surface area contributed by atoms with Gasteiger partial charge >= 0.3 is 23.9 Å². The van der Waals surface area contributed by atoms with Gasteiger partial charge in [0, 0.05) is 5.56 Å². The summed E-state index contributed by atoms with van der Waals surface area (Å²) >= 11 is 0. The number of benzene rings is 5. The molecule has 0 unspecified atom stereocenters. The molecule has 83 heavy (non-hydrogen) atoms. The van der Waals surface area contributed by atoms with Gasteiger partial charge in [-0.05, 0) is 117 Å². The van der Waals surface area contributed by atoms with Gasteiger partial charge < -0.3 is 28.4 Å². The standard InChI is InChI=1S/C71H94F2O10/c1-4-6-8-10-12-14-16-18-20-22-24-26-28-30-32-34-51-78-66-49-43-58(53-62(66)72)70(76)80-60-45-39-56(40-46-60)68(74)82-64-37-36-38-65(55(64)3)83-69(75)57-41-47-61(48-42-57)81-71(77)59-44-50-67(63(73)54-59)79-52-35-33-31-29-27-25-23-21-19-17-15-13-11-9-7-5-2/h36-50,53-54H,4-35,51-52H2,1-3H3. The molecule has 0 saturated carbocycles. The van der Waals surface area contributed by atoms with Gasteiger partial charge in [0.25, 0.3) is 0 Å². The fourth-order valence-electron chi connectivity index (χ4n) is 9.94. The molecule has 0 aliphatic heterocycles. The average Bonchev–Trinajstić information content (AvgIpc) is 3.50. The largest absolute Gasteiger partial charge is 0.491 e. The van der Waals surface area contributed by atoms with Crippen LogP contribution in [0.25, 0.3) is 0 Å². The number of carbonyl (C=O) groups is 4. The van der Waals surface area contributed by atoms with Crippen LogP contribution in [-0.4, -0.2) is 37.1 Å². The van der Waals surface area contributed by atoms with Crippen LogP contribution in [-0.2, 0) is 0 Å². The maximum atomic E-state index is 14.9. The van der Waals surface area contributed by atoms with Crippen LogP contribution in [0.1, 0.15) is 266 Å². The summed E-state index contributed by atoms with van der Waals surface area (Å²) < 4.78 is 63.4. The third-order valence-corrected chi connectivity index (χ3v) is 15.1. The third-order valence-electron chi connectivity index (χ3n) is 15.1. The molecule has 5 aromatic rings. The van der Waals surface area contributed by atoms with Crippen molar-refractivity contribution in [2.24, 2.45) is 0 Å². The van der Waals surface area contributed by atoms with Crippen LogP contribution in [0.2, 0.25) is 0 Å². The normalized spacial score (nSPS) is 11.1. The van der Waals surface area contributed by atoms with E-state index in [-0.39, 0.29) is 56.8 Å². The zero-order valence-corrected chi connectivity index (χ0v) is 50.2. The first-order valence-electron chi connectivity index (χ1n) is 31.6. The van der Waals surface area contributed by atoms with E-state index in [1.165, 1.54) is 240 Å². The van der Waals surface area contributed by atoms with Gasteiger partial charge in [-0.15, -0.1) is 0 Å². The zero-order chi connectivity index (χ0) is 59.1. The van der Waals surface area contributed by atoms with Gasteiger partial charge in [-0.3, -0.25) is 0 Å². The molecule has 0 aliphatic carbocycles. The smallest absolute Gasteiger partial charge is 0.343 e. The number of hydrogen-bond donors (Lipinski definition) is 0. The lowest BCUT2D eigenvalue weighted by molar-refractivity contribution is 0.0721. The molecule has 0 saturated heterocycles. The molecule has 0 aromatic heterocycles. The summed E-state index contributed by atoms with van der Waals surface area (Å²) in [4.78, 5) is 52.2. The molecule has 452 valence electrons. The molecule has 0 heterocycles. The Bertz CT molecular complexity index is 2470. The molecule has 0 amide bonds. The molecule has 0 bridgehead atoms. The molecular weight excluding hydrogens is 1050 g/mol. The van der Waals surface area contributed by atoms with E-state index in [0.717, 1.165) is 50.7 Å². The second kappa shape index (κ2) is 40.6. The maximum absolute atomic E-state index is 14.9. The lowest BCUT2D eigenvalue weighted by Gasteiger charge is -2.12. The molecule has 5 rings (SSSR count). The number of hydrogen-bond acceptors (Lipinski definition) is 10. The van der Waals surface area contributed by atoms with Gasteiger partial charge in [0.2, 0.25) is 0 Å². The summed E-state index contributed by atoms with van der Waals surface area (Å²) in [6, 6.07) is 24.0. The van der Waals surface area contributed by atoms with Crippen LogP contribution < -0.4 is 28.4 Å². The summed E-state index contributed by atoms with van der Waals surface area (Å²) in [6.45, 7) is 6.93. The second-order valence-electron chi connectivity index (χ2n) is 22.1. The minimum atomic E-state index is -0.777. The Morgan fingerprint density at radius 2 is 0.578 bits per heavy atom. The molecule has 10 nitrogen and oxygen atoms in total. The van der Waals surface area contributed by atoms with Gasteiger partial charge in [0.1, 0.15) is 23.0 Å². The van der Waals surface area contributed by atoms with Gasteiger partial charge in [-0.25, -0.2) is 28.0 Å². The molecule has 0 spiro atoms. The number of ether oxygens (including phenoxy) is 6. The van der Waals surface area contributed by atoms with Crippen molar-refractivity contribution < 1.29 is 56.4 Å². The highest BCUT2D eigenvalue weighted by molar-refractivity contribution is 5.94. The van der Waals surface area contributed by atoms with E-state index in [9.17, 15) is 28.0 Å². The predicted octanol–water partition coefficient (Wildman–Crippen LogP) is 20.4. The maximum Gasteiger partial charge on any atom is 0.343 e. The summed E-state index contributed by atoms with van der Waals surface area (Å²) in [6.07, 6.45) is 40.6. The Morgan fingerprint density at radius 1 is 0.313 bits per heavy atom. The van der Waals surface area contributed by atoms with E-state index in [4.69, 9.17) is 28.4 Å². The van der Waals surface area contributed by atoms with Crippen molar-refractivity contribution in [3.8, 4) is 34.5 Å². The minimum absolute atomic E-state index is 0.00653. The number of esters is 4. The SMILES string of the molecule is CCCCCCCCCCCCCCCCCCOc1ccc(C(=O)Oc2ccc(C(=O)Oc3cccc(OC(=O)c4ccc(OC(=O)c5ccc(OCCCCCCCCCCCCCCCCCC)c(F)c5)cc4)c3C)cc2)cc1F. The zero-order valence-electron chi connectivity index (χ0n) is 50.2. The molecule has 0 N–H and O–H groups in total.